The van der Waals surface area contributed by atoms with E-state index in [9.17, 15) is 4.79 Å². The Morgan fingerprint density at radius 3 is 3.05 bits per heavy atom. The van der Waals surface area contributed by atoms with Crippen molar-refractivity contribution in [3.8, 4) is 0 Å². The Bertz CT molecular complexity index is 787. The van der Waals surface area contributed by atoms with Gasteiger partial charge in [-0.3, -0.25) is 19.5 Å². The molecule has 0 aliphatic heterocycles. The van der Waals surface area contributed by atoms with Crippen LogP contribution in [0.2, 0.25) is 0 Å². The summed E-state index contributed by atoms with van der Waals surface area (Å²) in [6, 6.07) is 0. The zero-order valence-electron chi connectivity index (χ0n) is 9.94. The molecule has 0 amide bonds. The summed E-state index contributed by atoms with van der Waals surface area (Å²) in [5.41, 5.74) is 2.81. The summed E-state index contributed by atoms with van der Waals surface area (Å²) in [7, 11) is 1.74. The molecule has 3 rings (SSSR count). The molecule has 0 aliphatic rings. The highest BCUT2D eigenvalue weighted by Crippen LogP contribution is 2.14. The maximum Gasteiger partial charge on any atom is 0.264 e. The van der Waals surface area contributed by atoms with Crippen molar-refractivity contribution in [3.63, 3.8) is 0 Å². The standard InChI is InChI=1S/C9H10N8OS/c1-16-7-5(2-12-16)8(18)17(4-11-7)3-6-14-15-9(13-10)19-6/h2,4H,3,10H2,1H3,(H,13,15). The molecule has 0 unspecified atom stereocenters. The SMILES string of the molecule is Cn1ncc2c(=O)n(Cc3nnc(NN)s3)cnc21. The summed E-state index contributed by atoms with van der Waals surface area (Å²) >= 11 is 1.28. The monoisotopic (exact) mass is 278 g/mol. The highest BCUT2D eigenvalue weighted by Gasteiger charge is 2.10. The predicted molar refractivity (Wildman–Crippen MR) is 69.6 cm³/mol. The highest BCUT2D eigenvalue weighted by molar-refractivity contribution is 7.15. The van der Waals surface area contributed by atoms with E-state index in [0.717, 1.165) is 0 Å². The molecule has 3 aromatic heterocycles. The molecule has 0 saturated heterocycles. The van der Waals surface area contributed by atoms with Gasteiger partial charge in [-0.15, -0.1) is 10.2 Å². The third kappa shape index (κ3) is 1.96. The number of nitrogens with one attached hydrogen (secondary N) is 1. The van der Waals surface area contributed by atoms with Crippen molar-refractivity contribution >= 4 is 27.5 Å². The van der Waals surface area contributed by atoms with Gasteiger partial charge in [0.05, 0.1) is 12.7 Å². The lowest BCUT2D eigenvalue weighted by Gasteiger charge is -2.01. The molecule has 3 aromatic rings. The van der Waals surface area contributed by atoms with Gasteiger partial charge in [0.25, 0.3) is 5.56 Å². The number of aryl methyl sites for hydroxylation is 1. The third-order valence-electron chi connectivity index (χ3n) is 2.61. The fourth-order valence-corrected chi connectivity index (χ4v) is 2.35. The molecule has 0 radical (unpaired) electrons. The first kappa shape index (κ1) is 11.7. The van der Waals surface area contributed by atoms with E-state index < -0.39 is 0 Å². The maximum absolute atomic E-state index is 12.2. The second kappa shape index (κ2) is 4.40. The van der Waals surface area contributed by atoms with Crippen molar-refractivity contribution in [3.05, 3.63) is 27.9 Å². The zero-order chi connectivity index (χ0) is 13.4. The molecule has 10 heteroatoms. The molecular weight excluding hydrogens is 268 g/mol. The number of hydrogen-bond donors (Lipinski definition) is 2. The number of rotatable bonds is 3. The average molecular weight is 278 g/mol. The minimum absolute atomic E-state index is 0.157. The summed E-state index contributed by atoms with van der Waals surface area (Å²) in [4.78, 5) is 16.4. The van der Waals surface area contributed by atoms with Crippen molar-refractivity contribution in [2.24, 2.45) is 12.9 Å². The fraction of sp³-hybridized carbons (Fsp3) is 0.222. The number of hydrogen-bond acceptors (Lipinski definition) is 8. The molecule has 0 bridgehead atoms. The topological polar surface area (TPSA) is 117 Å². The molecule has 0 fully saturated rings. The number of aromatic nitrogens is 6. The Labute approximate surface area is 110 Å². The predicted octanol–water partition coefficient (Wildman–Crippen LogP) is -0.685. The quantitative estimate of drug-likeness (QED) is 0.481. The minimum Gasteiger partial charge on any atom is -0.298 e. The fourth-order valence-electron chi connectivity index (χ4n) is 1.70. The van der Waals surface area contributed by atoms with E-state index in [4.69, 9.17) is 5.84 Å². The summed E-state index contributed by atoms with van der Waals surface area (Å²) in [6.07, 6.45) is 2.98. The lowest BCUT2D eigenvalue weighted by atomic mass is 10.4. The van der Waals surface area contributed by atoms with Crippen LogP contribution in [0.5, 0.6) is 0 Å². The maximum atomic E-state index is 12.2. The molecule has 3 heterocycles. The first-order chi connectivity index (χ1) is 9.19. The van der Waals surface area contributed by atoms with E-state index in [1.54, 1.807) is 11.7 Å². The van der Waals surface area contributed by atoms with Gasteiger partial charge < -0.3 is 0 Å². The van der Waals surface area contributed by atoms with Crippen LogP contribution in [0, 0.1) is 0 Å². The Morgan fingerprint density at radius 1 is 1.47 bits per heavy atom. The molecule has 0 spiro atoms. The number of nitrogens with zero attached hydrogens (tertiary/aromatic N) is 6. The van der Waals surface area contributed by atoms with Gasteiger partial charge in [0.2, 0.25) is 5.13 Å². The number of nitrogens with two attached hydrogens (primary N) is 1. The molecule has 0 saturated carbocycles. The normalized spacial score (nSPS) is 11.1. The van der Waals surface area contributed by atoms with E-state index in [1.165, 1.54) is 28.4 Å². The van der Waals surface area contributed by atoms with Gasteiger partial charge in [-0.2, -0.15) is 5.10 Å². The van der Waals surface area contributed by atoms with Crippen molar-refractivity contribution in [1.29, 1.82) is 0 Å². The lowest BCUT2D eigenvalue weighted by molar-refractivity contribution is 0.726. The molecule has 0 atom stereocenters. The van der Waals surface area contributed by atoms with Crippen LogP contribution in [0.25, 0.3) is 11.0 Å². The molecule has 98 valence electrons. The summed E-state index contributed by atoms with van der Waals surface area (Å²) in [5.74, 6) is 5.23. The van der Waals surface area contributed by atoms with Crippen LogP contribution in [0.1, 0.15) is 5.01 Å². The van der Waals surface area contributed by atoms with Gasteiger partial charge in [-0.05, 0) is 0 Å². The molecule has 0 aromatic carbocycles. The average Bonchev–Trinajstić information content (AvgIpc) is 3.00. The second-order valence-corrected chi connectivity index (χ2v) is 4.89. The zero-order valence-corrected chi connectivity index (χ0v) is 10.8. The van der Waals surface area contributed by atoms with Gasteiger partial charge >= 0.3 is 0 Å². The summed E-state index contributed by atoms with van der Waals surface area (Å²) < 4.78 is 3.02. The van der Waals surface area contributed by atoms with Crippen LogP contribution in [0.3, 0.4) is 0 Å². The van der Waals surface area contributed by atoms with Crippen molar-refractivity contribution < 1.29 is 0 Å². The van der Waals surface area contributed by atoms with E-state index in [1.807, 2.05) is 0 Å². The van der Waals surface area contributed by atoms with Crippen molar-refractivity contribution in [2.75, 3.05) is 5.43 Å². The summed E-state index contributed by atoms with van der Waals surface area (Å²) in [6.45, 7) is 0.302. The molecular formula is C9H10N8OS. The van der Waals surface area contributed by atoms with Crippen LogP contribution >= 0.6 is 11.3 Å². The molecule has 0 aliphatic carbocycles. The number of hydrazine groups is 1. The van der Waals surface area contributed by atoms with Crippen LogP contribution in [-0.2, 0) is 13.6 Å². The van der Waals surface area contributed by atoms with Crippen LogP contribution in [-0.4, -0.2) is 29.5 Å². The Morgan fingerprint density at radius 2 is 2.32 bits per heavy atom. The molecule has 3 N–H and O–H groups in total. The van der Waals surface area contributed by atoms with E-state index in [-0.39, 0.29) is 5.56 Å². The van der Waals surface area contributed by atoms with Gasteiger partial charge in [-0.1, -0.05) is 11.3 Å². The first-order valence-electron chi connectivity index (χ1n) is 5.35. The summed E-state index contributed by atoms with van der Waals surface area (Å²) in [5, 5.41) is 13.4. The van der Waals surface area contributed by atoms with Crippen molar-refractivity contribution in [2.45, 2.75) is 6.54 Å². The van der Waals surface area contributed by atoms with Crippen LogP contribution in [0.4, 0.5) is 5.13 Å². The van der Waals surface area contributed by atoms with Gasteiger partial charge in [-0.25, -0.2) is 10.8 Å². The van der Waals surface area contributed by atoms with Gasteiger partial charge in [0.15, 0.2) is 5.65 Å². The molecule has 19 heavy (non-hydrogen) atoms. The van der Waals surface area contributed by atoms with Crippen LogP contribution < -0.4 is 16.8 Å². The second-order valence-electron chi connectivity index (χ2n) is 3.83. The lowest BCUT2D eigenvalue weighted by Crippen LogP contribution is -2.21. The Kier molecular flexibility index (Phi) is 2.72. The highest BCUT2D eigenvalue weighted by atomic mass is 32.1. The number of nitrogen functional groups attached to an aromatic ring is 1. The number of anilines is 1. The van der Waals surface area contributed by atoms with E-state index >= 15 is 0 Å². The van der Waals surface area contributed by atoms with Crippen LogP contribution in [0.15, 0.2) is 17.3 Å². The van der Waals surface area contributed by atoms with Crippen molar-refractivity contribution in [1.82, 2.24) is 29.5 Å². The van der Waals surface area contributed by atoms with Gasteiger partial charge in [0, 0.05) is 7.05 Å². The van der Waals surface area contributed by atoms with Gasteiger partial charge in [0.1, 0.15) is 16.7 Å². The molecule has 9 nitrogen and oxygen atoms in total. The third-order valence-corrected chi connectivity index (χ3v) is 3.45. The minimum atomic E-state index is -0.157. The smallest absolute Gasteiger partial charge is 0.264 e. The number of fused-ring (bicyclic) bond motifs is 1. The largest absolute Gasteiger partial charge is 0.298 e. The Balaban J connectivity index is 2.01. The Hall–Kier alpha value is -2.33. The van der Waals surface area contributed by atoms with E-state index in [2.05, 4.69) is 25.7 Å². The first-order valence-corrected chi connectivity index (χ1v) is 6.17. The van der Waals surface area contributed by atoms with E-state index in [0.29, 0.717) is 27.7 Å².